The molecule has 3 amide bonds. The number of hydrogen-bond acceptors (Lipinski definition) is 6. The lowest BCUT2D eigenvalue weighted by Crippen LogP contribution is -2.33. The topological polar surface area (TPSA) is 155 Å². The Bertz CT molecular complexity index is 1690. The van der Waals surface area contributed by atoms with Crippen LogP contribution in [-0.2, 0) is 16.6 Å². The molecule has 0 aliphatic carbocycles. The van der Waals surface area contributed by atoms with Crippen LogP contribution >= 0.6 is 0 Å². The van der Waals surface area contributed by atoms with E-state index in [9.17, 15) is 22.4 Å². The van der Waals surface area contributed by atoms with Crippen LogP contribution in [0, 0.1) is 11.2 Å². The van der Waals surface area contributed by atoms with Gasteiger partial charge in [-0.05, 0) is 59.7 Å². The van der Waals surface area contributed by atoms with Crippen LogP contribution in [0.25, 0.3) is 11.1 Å². The zero-order valence-corrected chi connectivity index (χ0v) is 22.6. The van der Waals surface area contributed by atoms with Crippen LogP contribution in [0.3, 0.4) is 0 Å². The van der Waals surface area contributed by atoms with Gasteiger partial charge in [0, 0.05) is 30.4 Å². The molecular formula is C29H26FN5O5S. The number of nitrogens with zero attached hydrogens (tertiary/aromatic N) is 1. The maximum Gasteiger partial charge on any atom is 0.418 e. The van der Waals surface area contributed by atoms with Crippen molar-refractivity contribution in [1.82, 2.24) is 10.2 Å². The van der Waals surface area contributed by atoms with Gasteiger partial charge in [0.2, 0.25) is 10.0 Å². The monoisotopic (exact) mass is 575 g/mol. The average molecular weight is 576 g/mol. The fourth-order valence-corrected chi connectivity index (χ4v) is 4.65. The molecule has 0 aliphatic rings. The molecule has 0 aromatic heterocycles. The summed E-state index contributed by atoms with van der Waals surface area (Å²) in [5.41, 5.74) is 2.67. The number of anilines is 1. The number of halogens is 1. The first-order chi connectivity index (χ1) is 19.5. The van der Waals surface area contributed by atoms with E-state index in [1.165, 1.54) is 23.1 Å². The van der Waals surface area contributed by atoms with E-state index in [0.717, 1.165) is 12.1 Å². The van der Waals surface area contributed by atoms with E-state index in [2.05, 4.69) is 10.6 Å². The Labute approximate surface area is 236 Å². The van der Waals surface area contributed by atoms with Gasteiger partial charge in [0.25, 0.3) is 0 Å². The standard InChI is InChI=1S/C29H26FN5O5S/c1-35(28(36)33-23-13-9-20(10-14-23)25-7-2-3-8-26(25)41(32,38)39)18-19-5-4-6-21(17-19)27(31)34-29(37)40-24-15-11-22(30)12-16-24/h2-17H,18H2,1H3,(H,33,36)(H2,31,34,37)(H2,32,38,39). The number of carbonyl (C=O) groups excluding carboxylic acids is 2. The highest BCUT2D eigenvalue weighted by Gasteiger charge is 2.16. The van der Waals surface area contributed by atoms with Gasteiger partial charge in [-0.25, -0.2) is 27.5 Å². The first-order valence-electron chi connectivity index (χ1n) is 12.2. The van der Waals surface area contributed by atoms with Crippen LogP contribution < -0.4 is 20.5 Å². The van der Waals surface area contributed by atoms with Crippen molar-refractivity contribution in [2.75, 3.05) is 12.4 Å². The molecule has 5 N–H and O–H groups in total. The number of ether oxygens (including phenoxy) is 1. The Balaban J connectivity index is 1.35. The van der Waals surface area contributed by atoms with E-state index in [0.29, 0.717) is 27.9 Å². The minimum atomic E-state index is -3.91. The molecule has 4 rings (SSSR count). The number of hydrogen-bond donors (Lipinski definition) is 4. The molecule has 0 spiro atoms. The van der Waals surface area contributed by atoms with Gasteiger partial charge in [-0.2, -0.15) is 0 Å². The molecule has 4 aromatic carbocycles. The number of amides is 3. The molecule has 12 heteroatoms. The predicted molar refractivity (Wildman–Crippen MR) is 153 cm³/mol. The number of urea groups is 1. The normalized spacial score (nSPS) is 10.9. The molecule has 0 radical (unpaired) electrons. The fraction of sp³-hybridized carbons (Fsp3) is 0.0690. The van der Waals surface area contributed by atoms with Crippen molar-refractivity contribution in [2.45, 2.75) is 11.4 Å². The summed E-state index contributed by atoms with van der Waals surface area (Å²) in [6, 6.07) is 24.3. The summed E-state index contributed by atoms with van der Waals surface area (Å²) in [7, 11) is -2.31. The minimum Gasteiger partial charge on any atom is -0.410 e. The van der Waals surface area contributed by atoms with Gasteiger partial charge in [-0.15, -0.1) is 0 Å². The Hall–Kier alpha value is -5.07. The van der Waals surface area contributed by atoms with E-state index >= 15 is 0 Å². The lowest BCUT2D eigenvalue weighted by molar-refractivity contribution is 0.206. The van der Waals surface area contributed by atoms with E-state index in [-0.39, 0.29) is 23.0 Å². The molecule has 0 saturated heterocycles. The zero-order chi connectivity index (χ0) is 29.6. The van der Waals surface area contributed by atoms with Crippen LogP contribution in [0.4, 0.5) is 19.7 Å². The third-order valence-corrected chi connectivity index (χ3v) is 6.84. The zero-order valence-electron chi connectivity index (χ0n) is 21.8. The summed E-state index contributed by atoms with van der Waals surface area (Å²) in [5, 5.41) is 18.6. The smallest absolute Gasteiger partial charge is 0.410 e. The van der Waals surface area contributed by atoms with Gasteiger partial charge in [-0.1, -0.05) is 48.5 Å². The summed E-state index contributed by atoms with van der Waals surface area (Å²) in [6.07, 6.45) is -0.900. The summed E-state index contributed by atoms with van der Waals surface area (Å²) in [6.45, 7) is 0.201. The molecule has 0 bridgehead atoms. The Morgan fingerprint density at radius 2 is 1.63 bits per heavy atom. The van der Waals surface area contributed by atoms with Crippen molar-refractivity contribution in [1.29, 1.82) is 5.41 Å². The van der Waals surface area contributed by atoms with Gasteiger partial charge in [0.1, 0.15) is 17.4 Å². The maximum atomic E-state index is 13.0. The first kappa shape index (κ1) is 28.9. The summed E-state index contributed by atoms with van der Waals surface area (Å²) in [4.78, 5) is 26.3. The number of carbonyl (C=O) groups is 2. The summed E-state index contributed by atoms with van der Waals surface area (Å²) >= 11 is 0. The van der Waals surface area contributed by atoms with Crippen LogP contribution in [0.5, 0.6) is 5.75 Å². The van der Waals surface area contributed by atoms with Crippen molar-refractivity contribution in [3.05, 3.63) is 114 Å². The van der Waals surface area contributed by atoms with Crippen LogP contribution in [0.1, 0.15) is 11.1 Å². The number of primary sulfonamides is 1. The number of amidine groups is 1. The Kier molecular flexibility index (Phi) is 8.75. The van der Waals surface area contributed by atoms with Crippen molar-refractivity contribution in [3.63, 3.8) is 0 Å². The quantitative estimate of drug-likeness (QED) is 0.182. The second-order valence-electron chi connectivity index (χ2n) is 8.95. The molecule has 0 saturated carbocycles. The number of sulfonamides is 1. The summed E-state index contributed by atoms with van der Waals surface area (Å²) in [5.74, 6) is -0.556. The van der Waals surface area contributed by atoms with E-state index in [1.807, 2.05) is 0 Å². The summed E-state index contributed by atoms with van der Waals surface area (Å²) < 4.78 is 41.9. The molecular weight excluding hydrogens is 549 g/mol. The number of benzene rings is 4. The fourth-order valence-electron chi connectivity index (χ4n) is 3.89. The van der Waals surface area contributed by atoms with E-state index in [4.69, 9.17) is 15.3 Å². The second kappa shape index (κ2) is 12.4. The highest BCUT2D eigenvalue weighted by atomic mass is 32.2. The maximum absolute atomic E-state index is 13.0. The van der Waals surface area contributed by atoms with Crippen molar-refractivity contribution >= 4 is 33.7 Å². The first-order valence-corrected chi connectivity index (χ1v) is 13.7. The molecule has 0 heterocycles. The van der Waals surface area contributed by atoms with Gasteiger partial charge in [-0.3, -0.25) is 10.7 Å². The minimum absolute atomic E-state index is 0.00630. The molecule has 0 aliphatic heterocycles. The predicted octanol–water partition coefficient (Wildman–Crippen LogP) is 4.92. The molecule has 41 heavy (non-hydrogen) atoms. The largest absolute Gasteiger partial charge is 0.418 e. The number of nitrogens with one attached hydrogen (secondary N) is 3. The van der Waals surface area contributed by atoms with Crippen molar-refractivity contribution < 1.29 is 27.1 Å². The third-order valence-electron chi connectivity index (χ3n) is 5.87. The van der Waals surface area contributed by atoms with Crippen molar-refractivity contribution in [3.8, 4) is 16.9 Å². The third kappa shape index (κ3) is 7.75. The average Bonchev–Trinajstić information content (AvgIpc) is 2.94. The van der Waals surface area contributed by atoms with Crippen LogP contribution in [0.15, 0.2) is 102 Å². The molecule has 210 valence electrons. The van der Waals surface area contributed by atoms with Crippen LogP contribution in [-0.4, -0.2) is 38.3 Å². The molecule has 0 unspecified atom stereocenters. The van der Waals surface area contributed by atoms with Crippen LogP contribution in [0.2, 0.25) is 0 Å². The number of nitrogens with two attached hydrogens (primary N) is 1. The number of rotatable bonds is 7. The second-order valence-corrected chi connectivity index (χ2v) is 10.5. The highest BCUT2D eigenvalue weighted by molar-refractivity contribution is 7.89. The molecule has 0 fully saturated rings. The van der Waals surface area contributed by atoms with E-state index < -0.39 is 28.0 Å². The molecule has 10 nitrogen and oxygen atoms in total. The van der Waals surface area contributed by atoms with Gasteiger partial charge < -0.3 is 15.0 Å². The van der Waals surface area contributed by atoms with Gasteiger partial charge >= 0.3 is 12.1 Å². The van der Waals surface area contributed by atoms with Gasteiger partial charge in [0.05, 0.1) is 4.90 Å². The lowest BCUT2D eigenvalue weighted by atomic mass is 10.1. The Morgan fingerprint density at radius 1 is 0.951 bits per heavy atom. The van der Waals surface area contributed by atoms with E-state index in [1.54, 1.807) is 73.8 Å². The molecule has 0 atom stereocenters. The molecule has 4 aromatic rings. The van der Waals surface area contributed by atoms with Gasteiger partial charge in [0.15, 0.2) is 0 Å². The highest BCUT2D eigenvalue weighted by Crippen LogP contribution is 2.27. The SMILES string of the molecule is CN(Cc1cccc(C(=N)NC(=O)Oc2ccc(F)cc2)c1)C(=O)Nc1ccc(-c2ccccc2S(N)(=O)=O)cc1. The van der Waals surface area contributed by atoms with Crippen molar-refractivity contribution in [2.24, 2.45) is 5.14 Å². The Morgan fingerprint density at radius 3 is 2.32 bits per heavy atom. The lowest BCUT2D eigenvalue weighted by Gasteiger charge is -2.19.